The van der Waals surface area contributed by atoms with Crippen LogP contribution in [-0.2, 0) is 14.3 Å². The summed E-state index contributed by atoms with van der Waals surface area (Å²) in [5, 5.41) is 0. The van der Waals surface area contributed by atoms with Gasteiger partial charge in [-0.05, 0) is 30.1 Å². The molecule has 4 atom stereocenters. The fourth-order valence-corrected chi connectivity index (χ4v) is 4.26. The quantitative estimate of drug-likeness (QED) is 0.405. The third-order valence-electron chi connectivity index (χ3n) is 5.08. The summed E-state index contributed by atoms with van der Waals surface area (Å²) in [7, 11) is 0. The maximum Gasteiger partial charge on any atom is 0.318 e. The summed E-state index contributed by atoms with van der Waals surface area (Å²) in [5.41, 5.74) is 0.129. The molecule has 1 saturated heterocycles. The first-order valence-electron chi connectivity index (χ1n) is 6.09. The second-order valence-corrected chi connectivity index (χ2v) is 5.17. The fraction of sp³-hybridized carbons (Fsp3) is 0.692. The van der Waals surface area contributed by atoms with Gasteiger partial charge in [-0.15, -0.1) is 0 Å². The number of fused-ring (bicyclic) bond motifs is 5. The maximum absolute atomic E-state index is 11.7. The number of carbonyl (C=O) groups excluding carboxylic acids is 2. The van der Waals surface area contributed by atoms with Gasteiger partial charge in [-0.3, -0.25) is 9.59 Å². The van der Waals surface area contributed by atoms with Crippen LogP contribution in [0.15, 0.2) is 12.2 Å². The van der Waals surface area contributed by atoms with Crippen molar-refractivity contribution in [3.8, 4) is 0 Å². The van der Waals surface area contributed by atoms with Gasteiger partial charge in [0, 0.05) is 0 Å². The Morgan fingerprint density at radius 3 is 1.88 bits per heavy atom. The molecule has 0 amide bonds. The summed E-state index contributed by atoms with van der Waals surface area (Å²) in [4.78, 5) is 23.4. The lowest BCUT2D eigenvalue weighted by atomic mass is 9.71. The number of cyclic esters (lactones) is 2. The van der Waals surface area contributed by atoms with E-state index < -0.39 is 0 Å². The Labute approximate surface area is 94.8 Å². The monoisotopic (exact) mass is 220 g/mol. The van der Waals surface area contributed by atoms with Crippen LogP contribution in [0.4, 0.5) is 0 Å². The molecule has 2 bridgehead atoms. The van der Waals surface area contributed by atoms with Gasteiger partial charge in [0.2, 0.25) is 0 Å². The molecule has 1 saturated carbocycles. The van der Waals surface area contributed by atoms with Gasteiger partial charge in [0.05, 0.1) is 11.8 Å². The van der Waals surface area contributed by atoms with Crippen molar-refractivity contribution in [1.82, 2.24) is 0 Å². The van der Waals surface area contributed by atoms with Gasteiger partial charge in [0.1, 0.15) is 0 Å². The average Bonchev–Trinajstić information content (AvgIpc) is 2.87. The van der Waals surface area contributed by atoms with Crippen molar-refractivity contribution in [2.24, 2.45) is 29.1 Å². The number of ether oxygens (including phenoxy) is 1. The number of esters is 2. The molecule has 1 aliphatic heterocycles. The molecule has 0 aromatic heterocycles. The van der Waals surface area contributed by atoms with Crippen molar-refractivity contribution in [2.45, 2.75) is 26.7 Å². The highest BCUT2D eigenvalue weighted by atomic mass is 16.6. The Morgan fingerprint density at radius 1 is 1.06 bits per heavy atom. The van der Waals surface area contributed by atoms with E-state index in [0.717, 1.165) is 12.8 Å². The highest BCUT2D eigenvalue weighted by Crippen LogP contribution is 2.64. The van der Waals surface area contributed by atoms with Gasteiger partial charge in [-0.25, -0.2) is 0 Å². The van der Waals surface area contributed by atoms with Crippen LogP contribution in [0.5, 0.6) is 0 Å². The van der Waals surface area contributed by atoms with Crippen molar-refractivity contribution in [3.63, 3.8) is 0 Å². The Balaban J connectivity index is 2.09. The highest BCUT2D eigenvalue weighted by Gasteiger charge is 2.67. The maximum atomic E-state index is 11.7. The Kier molecular flexibility index (Phi) is 1.86. The highest BCUT2D eigenvalue weighted by molar-refractivity contribution is 5.98. The molecule has 0 aromatic rings. The van der Waals surface area contributed by atoms with Crippen molar-refractivity contribution in [2.75, 3.05) is 0 Å². The van der Waals surface area contributed by atoms with Gasteiger partial charge in [-0.2, -0.15) is 0 Å². The molecule has 0 radical (unpaired) electrons. The Hall–Kier alpha value is -1.12. The molecular weight excluding hydrogens is 204 g/mol. The smallest absolute Gasteiger partial charge is 0.318 e. The summed E-state index contributed by atoms with van der Waals surface area (Å²) in [6.45, 7) is 4.32. The van der Waals surface area contributed by atoms with Crippen molar-refractivity contribution in [3.05, 3.63) is 12.2 Å². The number of hydrogen-bond acceptors (Lipinski definition) is 3. The van der Waals surface area contributed by atoms with Gasteiger partial charge < -0.3 is 4.74 Å². The van der Waals surface area contributed by atoms with E-state index in [4.69, 9.17) is 4.74 Å². The summed E-state index contributed by atoms with van der Waals surface area (Å²) in [6, 6.07) is 0. The zero-order valence-corrected chi connectivity index (χ0v) is 9.60. The van der Waals surface area contributed by atoms with Gasteiger partial charge >= 0.3 is 11.9 Å². The topological polar surface area (TPSA) is 43.4 Å². The second-order valence-electron chi connectivity index (χ2n) is 5.17. The molecule has 3 aliphatic rings. The van der Waals surface area contributed by atoms with Crippen LogP contribution in [0, 0.1) is 29.1 Å². The minimum atomic E-state index is -0.293. The number of rotatable bonds is 2. The van der Waals surface area contributed by atoms with Crippen LogP contribution in [0.2, 0.25) is 0 Å². The van der Waals surface area contributed by atoms with Crippen LogP contribution < -0.4 is 0 Å². The zero-order chi connectivity index (χ0) is 11.5. The minimum Gasteiger partial charge on any atom is -0.393 e. The third-order valence-corrected chi connectivity index (χ3v) is 5.08. The van der Waals surface area contributed by atoms with E-state index in [2.05, 4.69) is 26.0 Å². The van der Waals surface area contributed by atoms with Crippen molar-refractivity contribution < 1.29 is 14.3 Å². The molecule has 16 heavy (non-hydrogen) atoms. The summed E-state index contributed by atoms with van der Waals surface area (Å²) < 4.78 is 4.77. The van der Waals surface area contributed by atoms with Gasteiger partial charge in [-0.1, -0.05) is 26.0 Å². The first-order valence-corrected chi connectivity index (χ1v) is 6.09. The molecule has 3 rings (SSSR count). The standard InChI is InChI=1S/C13H16O3/c1-3-13(4-2)7-5-6-8(13)10-9(7)11(14)16-12(10)15/h5-10H,3-4H2,1-2H3. The van der Waals surface area contributed by atoms with Crippen LogP contribution in [-0.4, -0.2) is 11.9 Å². The van der Waals surface area contributed by atoms with Crippen molar-refractivity contribution in [1.29, 1.82) is 0 Å². The van der Waals surface area contributed by atoms with Crippen molar-refractivity contribution >= 4 is 11.9 Å². The zero-order valence-electron chi connectivity index (χ0n) is 9.60. The predicted molar refractivity (Wildman–Crippen MR) is 57.2 cm³/mol. The molecular formula is C13H16O3. The average molecular weight is 220 g/mol. The first-order chi connectivity index (χ1) is 7.65. The lowest BCUT2D eigenvalue weighted by Gasteiger charge is -2.33. The van der Waals surface area contributed by atoms with Crippen LogP contribution in [0.3, 0.4) is 0 Å². The number of allylic oxidation sites excluding steroid dienone is 2. The number of hydrogen-bond donors (Lipinski definition) is 0. The molecule has 0 N–H and O–H groups in total. The van der Waals surface area contributed by atoms with Crippen LogP contribution >= 0.6 is 0 Å². The van der Waals surface area contributed by atoms with E-state index in [9.17, 15) is 9.59 Å². The first kappa shape index (κ1) is 10.1. The molecule has 4 unspecified atom stereocenters. The van der Waals surface area contributed by atoms with E-state index >= 15 is 0 Å². The van der Waals surface area contributed by atoms with E-state index in [1.165, 1.54) is 0 Å². The largest absolute Gasteiger partial charge is 0.393 e. The fourth-order valence-electron chi connectivity index (χ4n) is 4.26. The molecule has 86 valence electrons. The molecule has 2 aliphatic carbocycles. The molecule has 2 fully saturated rings. The SMILES string of the molecule is CCC1(CC)C2C=CC1C1C(=O)OC(=O)C12. The molecule has 0 spiro atoms. The Bertz CT molecular complexity index is 360. The van der Waals surface area contributed by atoms with E-state index in [1.54, 1.807) is 0 Å². The summed E-state index contributed by atoms with van der Waals surface area (Å²) in [6.07, 6.45) is 6.33. The summed E-state index contributed by atoms with van der Waals surface area (Å²) in [5.74, 6) is -0.533. The molecule has 0 aromatic carbocycles. The van der Waals surface area contributed by atoms with E-state index in [0.29, 0.717) is 0 Å². The van der Waals surface area contributed by atoms with E-state index in [1.807, 2.05) is 0 Å². The van der Waals surface area contributed by atoms with Gasteiger partial charge in [0.15, 0.2) is 0 Å². The molecule has 1 heterocycles. The molecule has 3 nitrogen and oxygen atoms in total. The third kappa shape index (κ3) is 0.864. The Morgan fingerprint density at radius 2 is 1.50 bits per heavy atom. The predicted octanol–water partition coefficient (Wildman–Crippen LogP) is 1.92. The molecule has 3 heteroatoms. The minimum absolute atomic E-state index is 0.129. The van der Waals surface area contributed by atoms with Gasteiger partial charge in [0.25, 0.3) is 0 Å². The lowest BCUT2D eigenvalue weighted by molar-refractivity contribution is -0.155. The van der Waals surface area contributed by atoms with Crippen LogP contribution in [0.1, 0.15) is 26.7 Å². The number of carbonyl (C=O) groups is 2. The second kappa shape index (κ2) is 2.96. The van der Waals surface area contributed by atoms with E-state index in [-0.39, 0.29) is 41.0 Å². The lowest BCUT2D eigenvalue weighted by Crippen LogP contribution is -2.30. The van der Waals surface area contributed by atoms with Crippen LogP contribution in [0.25, 0.3) is 0 Å². The normalized spacial score (nSPS) is 42.6. The summed E-state index contributed by atoms with van der Waals surface area (Å²) >= 11 is 0.